The maximum Gasteiger partial charge on any atom is 0.325 e. The van der Waals surface area contributed by atoms with E-state index in [1.165, 1.54) is 0 Å². The first-order chi connectivity index (χ1) is 10.9. The Bertz CT molecular complexity index is 782. The average Bonchev–Trinajstić information content (AvgIpc) is 2.76. The fraction of sp³-hybridized carbons (Fsp3) is 0.188. The third-order valence-electron chi connectivity index (χ3n) is 3.78. The Hall–Kier alpha value is -2.11. The van der Waals surface area contributed by atoms with E-state index in [0.717, 1.165) is 4.90 Å². The summed E-state index contributed by atoms with van der Waals surface area (Å²) in [5.74, 6) is -0.354. The molecular formula is C16H13Cl2N3O2. The van der Waals surface area contributed by atoms with E-state index in [1.807, 2.05) is 0 Å². The van der Waals surface area contributed by atoms with Gasteiger partial charge in [0.25, 0.3) is 5.91 Å². The van der Waals surface area contributed by atoms with Crippen LogP contribution < -0.4 is 5.32 Å². The van der Waals surface area contributed by atoms with Gasteiger partial charge in [-0.2, -0.15) is 0 Å². The van der Waals surface area contributed by atoms with Crippen LogP contribution >= 0.6 is 23.2 Å². The van der Waals surface area contributed by atoms with Gasteiger partial charge in [-0.1, -0.05) is 35.3 Å². The lowest BCUT2D eigenvalue weighted by Crippen LogP contribution is -2.41. The Morgan fingerprint density at radius 3 is 2.61 bits per heavy atom. The highest BCUT2D eigenvalue weighted by Crippen LogP contribution is 2.29. The molecule has 2 aromatic rings. The molecule has 0 spiro atoms. The van der Waals surface area contributed by atoms with E-state index in [1.54, 1.807) is 49.5 Å². The predicted octanol–water partition coefficient (Wildman–Crippen LogP) is 3.36. The third-order valence-corrected chi connectivity index (χ3v) is 4.52. The third kappa shape index (κ3) is 2.78. The van der Waals surface area contributed by atoms with E-state index in [9.17, 15) is 9.59 Å². The molecule has 3 rings (SSSR count). The number of hydrogen-bond donors (Lipinski definition) is 1. The van der Waals surface area contributed by atoms with Gasteiger partial charge in [-0.25, -0.2) is 4.79 Å². The molecule has 0 radical (unpaired) electrons. The molecule has 1 aliphatic rings. The van der Waals surface area contributed by atoms with Crippen molar-refractivity contribution in [3.63, 3.8) is 0 Å². The van der Waals surface area contributed by atoms with Crippen LogP contribution in [0.2, 0.25) is 10.0 Å². The van der Waals surface area contributed by atoms with Gasteiger partial charge in [-0.15, -0.1) is 0 Å². The number of pyridine rings is 1. The number of halogens is 2. The van der Waals surface area contributed by atoms with Crippen molar-refractivity contribution in [3.05, 3.63) is 63.9 Å². The van der Waals surface area contributed by atoms with Crippen molar-refractivity contribution >= 4 is 35.1 Å². The minimum absolute atomic E-state index is 0.115. The van der Waals surface area contributed by atoms with Crippen LogP contribution in [0.4, 0.5) is 4.79 Å². The monoisotopic (exact) mass is 349 g/mol. The number of benzene rings is 1. The maximum absolute atomic E-state index is 12.7. The summed E-state index contributed by atoms with van der Waals surface area (Å²) in [6.45, 7) is 1.76. The van der Waals surface area contributed by atoms with Crippen molar-refractivity contribution in [3.8, 4) is 0 Å². The first-order valence-electron chi connectivity index (χ1n) is 6.91. The molecule has 5 nitrogen and oxygen atoms in total. The molecule has 1 N–H and O–H groups in total. The van der Waals surface area contributed by atoms with Crippen LogP contribution in [0.5, 0.6) is 0 Å². The first-order valence-corrected chi connectivity index (χ1v) is 7.67. The second-order valence-electron chi connectivity index (χ2n) is 5.41. The highest BCUT2D eigenvalue weighted by Gasteiger charge is 2.49. The van der Waals surface area contributed by atoms with Gasteiger partial charge in [-0.3, -0.25) is 14.7 Å². The molecule has 1 atom stereocenters. The number of amides is 3. The quantitative estimate of drug-likeness (QED) is 0.864. The van der Waals surface area contributed by atoms with E-state index < -0.39 is 11.6 Å². The van der Waals surface area contributed by atoms with Crippen molar-refractivity contribution in [2.24, 2.45) is 0 Å². The van der Waals surface area contributed by atoms with Crippen LogP contribution in [-0.4, -0.2) is 21.8 Å². The largest absolute Gasteiger partial charge is 0.325 e. The summed E-state index contributed by atoms with van der Waals surface area (Å²) < 4.78 is 0. The molecule has 1 aromatic carbocycles. The van der Waals surface area contributed by atoms with Crippen LogP contribution in [0, 0.1) is 0 Å². The second kappa shape index (κ2) is 5.83. The van der Waals surface area contributed by atoms with Crippen molar-refractivity contribution in [2.45, 2.75) is 19.0 Å². The molecule has 2 heterocycles. The molecule has 1 fully saturated rings. The van der Waals surface area contributed by atoms with Crippen LogP contribution in [0.1, 0.15) is 18.2 Å². The number of rotatable bonds is 3. The van der Waals surface area contributed by atoms with Crippen molar-refractivity contribution in [2.75, 3.05) is 0 Å². The average molecular weight is 350 g/mol. The molecule has 118 valence electrons. The van der Waals surface area contributed by atoms with Crippen molar-refractivity contribution < 1.29 is 9.59 Å². The van der Waals surface area contributed by atoms with Crippen molar-refractivity contribution in [1.29, 1.82) is 0 Å². The molecule has 1 aliphatic heterocycles. The molecule has 3 amide bonds. The number of carbonyl (C=O) groups excluding carboxylic acids is 2. The van der Waals surface area contributed by atoms with Crippen LogP contribution in [-0.2, 0) is 16.9 Å². The Labute approximate surface area is 143 Å². The zero-order valence-electron chi connectivity index (χ0n) is 12.2. The normalized spacial score (nSPS) is 20.7. The number of aromatic nitrogens is 1. The van der Waals surface area contributed by atoms with Crippen LogP contribution in [0.25, 0.3) is 0 Å². The van der Waals surface area contributed by atoms with Gasteiger partial charge in [0, 0.05) is 6.20 Å². The number of urea groups is 1. The molecule has 0 bridgehead atoms. The standard InChI is InChI=1S/C16H13Cl2N3O2/c1-16(13-4-2-3-7-19-13)14(22)21(15(23)20-16)9-10-5-6-11(17)12(18)8-10/h2-8H,9H2,1H3,(H,20,23). The van der Waals surface area contributed by atoms with Gasteiger partial charge >= 0.3 is 6.03 Å². The minimum atomic E-state index is -1.17. The number of imide groups is 1. The molecule has 0 aliphatic carbocycles. The second-order valence-corrected chi connectivity index (χ2v) is 6.22. The predicted molar refractivity (Wildman–Crippen MR) is 87.1 cm³/mol. The lowest BCUT2D eigenvalue weighted by Gasteiger charge is -2.21. The summed E-state index contributed by atoms with van der Waals surface area (Å²) in [6.07, 6.45) is 1.58. The van der Waals surface area contributed by atoms with E-state index >= 15 is 0 Å². The Morgan fingerprint density at radius 2 is 1.96 bits per heavy atom. The zero-order chi connectivity index (χ0) is 16.6. The van der Waals surface area contributed by atoms with Crippen LogP contribution in [0.3, 0.4) is 0 Å². The Balaban J connectivity index is 1.88. The lowest BCUT2D eigenvalue weighted by atomic mass is 9.97. The maximum atomic E-state index is 12.7. The number of hydrogen-bond acceptors (Lipinski definition) is 3. The fourth-order valence-corrected chi connectivity index (χ4v) is 2.81. The Kier molecular flexibility index (Phi) is 4.00. The molecule has 1 aromatic heterocycles. The summed E-state index contributed by atoms with van der Waals surface area (Å²) in [5.41, 5.74) is 0.0392. The first kappa shape index (κ1) is 15.8. The van der Waals surface area contributed by atoms with E-state index in [-0.39, 0.29) is 12.5 Å². The fourth-order valence-electron chi connectivity index (χ4n) is 2.49. The highest BCUT2D eigenvalue weighted by molar-refractivity contribution is 6.42. The summed E-state index contributed by atoms with van der Waals surface area (Å²) in [6, 6.07) is 9.77. The van der Waals surface area contributed by atoms with Gasteiger partial charge in [-0.05, 0) is 36.8 Å². The number of nitrogens with zero attached hydrogens (tertiary/aromatic N) is 2. The number of nitrogens with one attached hydrogen (secondary N) is 1. The SMILES string of the molecule is CC1(c2ccccn2)NC(=O)N(Cc2ccc(Cl)c(Cl)c2)C1=O. The minimum Gasteiger partial charge on any atom is -0.318 e. The van der Waals surface area contributed by atoms with Gasteiger partial charge in [0.2, 0.25) is 0 Å². The molecular weight excluding hydrogens is 337 g/mol. The topological polar surface area (TPSA) is 62.3 Å². The van der Waals surface area contributed by atoms with Gasteiger partial charge in [0.05, 0.1) is 22.3 Å². The van der Waals surface area contributed by atoms with E-state index in [4.69, 9.17) is 23.2 Å². The highest BCUT2D eigenvalue weighted by atomic mass is 35.5. The van der Waals surface area contributed by atoms with Gasteiger partial charge in [0.15, 0.2) is 5.54 Å². The molecule has 1 unspecified atom stereocenters. The Morgan fingerprint density at radius 1 is 1.17 bits per heavy atom. The van der Waals surface area contributed by atoms with Gasteiger partial charge < -0.3 is 5.32 Å². The number of carbonyl (C=O) groups is 2. The lowest BCUT2D eigenvalue weighted by molar-refractivity contribution is -0.131. The molecule has 0 saturated carbocycles. The van der Waals surface area contributed by atoms with Gasteiger partial charge in [0.1, 0.15) is 0 Å². The molecule has 23 heavy (non-hydrogen) atoms. The van der Waals surface area contributed by atoms with E-state index in [0.29, 0.717) is 21.3 Å². The molecule has 1 saturated heterocycles. The summed E-state index contributed by atoms with van der Waals surface area (Å²) in [4.78, 5) is 30.3. The smallest absolute Gasteiger partial charge is 0.318 e. The summed E-state index contributed by atoms with van der Waals surface area (Å²) in [5, 5.41) is 3.51. The van der Waals surface area contributed by atoms with E-state index in [2.05, 4.69) is 10.3 Å². The molecule has 7 heteroatoms. The zero-order valence-corrected chi connectivity index (χ0v) is 13.7. The summed E-state index contributed by atoms with van der Waals surface area (Å²) in [7, 11) is 0. The van der Waals surface area contributed by atoms with Crippen molar-refractivity contribution in [1.82, 2.24) is 15.2 Å². The summed E-state index contributed by atoms with van der Waals surface area (Å²) >= 11 is 11.9. The van der Waals surface area contributed by atoms with Crippen LogP contribution in [0.15, 0.2) is 42.6 Å².